The SMILES string of the molecule is Cc1ccc2cc(-c3nc4c(-c5cc6ccccc6nn5)c(C(=O)O)c(C)cc4n3C3CCCCC3)nnc2c1. The van der Waals surface area contributed by atoms with Crippen LogP contribution >= 0.6 is 0 Å². The summed E-state index contributed by atoms with van der Waals surface area (Å²) < 4.78 is 2.27. The van der Waals surface area contributed by atoms with Crippen LogP contribution in [0.1, 0.15) is 59.6 Å². The molecule has 40 heavy (non-hydrogen) atoms. The average Bonchev–Trinajstić information content (AvgIpc) is 3.35. The van der Waals surface area contributed by atoms with Crippen LogP contribution in [0.2, 0.25) is 0 Å². The number of hydrogen-bond acceptors (Lipinski definition) is 6. The summed E-state index contributed by atoms with van der Waals surface area (Å²) in [6.45, 7) is 3.88. The summed E-state index contributed by atoms with van der Waals surface area (Å²) in [4.78, 5) is 17.8. The topological polar surface area (TPSA) is 107 Å². The highest BCUT2D eigenvalue weighted by molar-refractivity contribution is 6.07. The molecule has 1 aliphatic rings. The first kappa shape index (κ1) is 24.3. The lowest BCUT2D eigenvalue weighted by Crippen LogP contribution is -2.14. The lowest BCUT2D eigenvalue weighted by molar-refractivity contribution is 0.0697. The molecule has 0 atom stereocenters. The van der Waals surface area contributed by atoms with E-state index in [1.165, 1.54) is 6.42 Å². The first-order valence-corrected chi connectivity index (χ1v) is 13.7. The number of carboxylic acid groups (broad SMARTS) is 1. The van der Waals surface area contributed by atoms with Crippen molar-refractivity contribution in [2.45, 2.75) is 52.0 Å². The van der Waals surface area contributed by atoms with E-state index in [9.17, 15) is 9.90 Å². The van der Waals surface area contributed by atoms with Crippen molar-refractivity contribution in [2.75, 3.05) is 0 Å². The van der Waals surface area contributed by atoms with Gasteiger partial charge < -0.3 is 9.67 Å². The van der Waals surface area contributed by atoms with Crippen molar-refractivity contribution >= 4 is 38.8 Å². The molecule has 7 rings (SSSR count). The van der Waals surface area contributed by atoms with E-state index in [0.717, 1.165) is 58.6 Å². The molecule has 0 bridgehead atoms. The van der Waals surface area contributed by atoms with Gasteiger partial charge in [-0.15, -0.1) is 20.4 Å². The quantitative estimate of drug-likeness (QED) is 0.261. The minimum atomic E-state index is -1.01. The molecule has 0 spiro atoms. The van der Waals surface area contributed by atoms with Crippen molar-refractivity contribution in [3.63, 3.8) is 0 Å². The Balaban J connectivity index is 1.55. The van der Waals surface area contributed by atoms with Crippen molar-refractivity contribution in [1.82, 2.24) is 29.9 Å². The van der Waals surface area contributed by atoms with Crippen LogP contribution in [-0.4, -0.2) is 41.0 Å². The molecule has 1 N–H and O–H groups in total. The molecule has 3 heterocycles. The van der Waals surface area contributed by atoms with E-state index in [4.69, 9.17) is 4.98 Å². The van der Waals surface area contributed by atoms with Gasteiger partial charge in [0.2, 0.25) is 0 Å². The second kappa shape index (κ2) is 9.48. The minimum Gasteiger partial charge on any atom is -0.478 e. The zero-order valence-corrected chi connectivity index (χ0v) is 22.4. The molecule has 0 saturated heterocycles. The highest BCUT2D eigenvalue weighted by Gasteiger charge is 2.29. The molecule has 3 aromatic heterocycles. The summed E-state index contributed by atoms with van der Waals surface area (Å²) in [6, 6.07) is 20.0. The van der Waals surface area contributed by atoms with Gasteiger partial charge in [0.05, 0.1) is 33.3 Å². The van der Waals surface area contributed by atoms with Gasteiger partial charge in [0.25, 0.3) is 0 Å². The summed E-state index contributed by atoms with van der Waals surface area (Å²) in [7, 11) is 0. The zero-order chi connectivity index (χ0) is 27.4. The molecule has 198 valence electrons. The molecular weight excluding hydrogens is 500 g/mol. The molecule has 0 radical (unpaired) electrons. The lowest BCUT2D eigenvalue weighted by atomic mass is 9.94. The third-order valence-electron chi connectivity index (χ3n) is 8.06. The number of carboxylic acids is 1. The molecule has 8 heteroatoms. The molecule has 0 unspecified atom stereocenters. The summed E-state index contributed by atoms with van der Waals surface area (Å²) >= 11 is 0. The van der Waals surface area contributed by atoms with Gasteiger partial charge in [-0.05, 0) is 68.1 Å². The summed E-state index contributed by atoms with van der Waals surface area (Å²) in [5, 5.41) is 30.3. The Hall–Kier alpha value is -4.72. The number of nitrogens with zero attached hydrogens (tertiary/aromatic N) is 6. The van der Waals surface area contributed by atoms with E-state index < -0.39 is 5.97 Å². The molecule has 0 amide bonds. The Bertz CT molecular complexity index is 1960. The van der Waals surface area contributed by atoms with E-state index in [-0.39, 0.29) is 11.6 Å². The van der Waals surface area contributed by atoms with Crippen LogP contribution in [0.5, 0.6) is 0 Å². The molecule has 1 saturated carbocycles. The van der Waals surface area contributed by atoms with E-state index in [1.54, 1.807) is 0 Å². The zero-order valence-electron chi connectivity index (χ0n) is 22.4. The van der Waals surface area contributed by atoms with Gasteiger partial charge in [-0.1, -0.05) is 49.6 Å². The van der Waals surface area contributed by atoms with Crippen LogP contribution < -0.4 is 0 Å². The van der Waals surface area contributed by atoms with Gasteiger partial charge in [0.1, 0.15) is 5.69 Å². The predicted molar refractivity (Wildman–Crippen MR) is 155 cm³/mol. The first-order chi connectivity index (χ1) is 19.5. The van der Waals surface area contributed by atoms with Gasteiger partial charge in [0.15, 0.2) is 5.82 Å². The molecule has 1 fully saturated rings. The second-order valence-electron chi connectivity index (χ2n) is 10.8. The Morgan fingerprint density at radius 3 is 2.38 bits per heavy atom. The van der Waals surface area contributed by atoms with Gasteiger partial charge in [-0.3, -0.25) is 0 Å². The summed E-state index contributed by atoms with van der Waals surface area (Å²) in [5.74, 6) is -0.312. The summed E-state index contributed by atoms with van der Waals surface area (Å²) in [5.41, 5.74) is 6.70. The Morgan fingerprint density at radius 2 is 1.55 bits per heavy atom. The number of imidazole rings is 1. The fourth-order valence-corrected chi connectivity index (χ4v) is 6.14. The maximum absolute atomic E-state index is 12.7. The Morgan fingerprint density at radius 1 is 0.825 bits per heavy atom. The molecule has 0 aliphatic heterocycles. The monoisotopic (exact) mass is 528 g/mol. The number of aromatic carboxylic acids is 1. The number of benzene rings is 3. The Labute approximate surface area is 230 Å². The fourth-order valence-electron chi connectivity index (χ4n) is 6.14. The first-order valence-electron chi connectivity index (χ1n) is 13.7. The van der Waals surface area contributed by atoms with Crippen LogP contribution in [0.4, 0.5) is 0 Å². The lowest BCUT2D eigenvalue weighted by Gasteiger charge is -2.25. The van der Waals surface area contributed by atoms with Crippen molar-refractivity contribution in [1.29, 1.82) is 0 Å². The molecule has 1 aliphatic carbocycles. The largest absolute Gasteiger partial charge is 0.478 e. The highest BCUT2D eigenvalue weighted by atomic mass is 16.4. The number of fused-ring (bicyclic) bond motifs is 3. The van der Waals surface area contributed by atoms with Crippen molar-refractivity contribution in [2.24, 2.45) is 0 Å². The molecule has 8 nitrogen and oxygen atoms in total. The molecule has 3 aromatic carbocycles. The fraction of sp³-hybridized carbons (Fsp3) is 0.250. The standard InChI is InChI=1S/C32H28N6O2/c1-18-12-13-21-17-26(37-35-24(21)14-18)31-33-30-27(38(31)22-9-4-3-5-10-22)15-19(2)28(32(39)40)29(30)25-16-20-8-6-7-11-23(20)34-36-25/h6-8,11-17,22H,3-5,9-10H2,1-2H3,(H,39,40). The van der Waals surface area contributed by atoms with E-state index in [2.05, 4.69) is 37.1 Å². The smallest absolute Gasteiger partial charge is 0.336 e. The second-order valence-corrected chi connectivity index (χ2v) is 10.8. The van der Waals surface area contributed by atoms with Crippen LogP contribution in [0, 0.1) is 13.8 Å². The van der Waals surface area contributed by atoms with Gasteiger partial charge in [-0.25, -0.2) is 9.78 Å². The number of carbonyl (C=O) groups is 1. The van der Waals surface area contributed by atoms with Crippen molar-refractivity contribution in [3.05, 3.63) is 77.4 Å². The van der Waals surface area contributed by atoms with Crippen LogP contribution in [0.3, 0.4) is 0 Å². The maximum atomic E-state index is 12.7. The van der Waals surface area contributed by atoms with E-state index in [0.29, 0.717) is 33.9 Å². The summed E-state index contributed by atoms with van der Waals surface area (Å²) in [6.07, 6.45) is 5.56. The predicted octanol–water partition coefficient (Wildman–Crippen LogP) is 7.08. The average molecular weight is 529 g/mol. The van der Waals surface area contributed by atoms with Gasteiger partial charge >= 0.3 is 5.97 Å². The van der Waals surface area contributed by atoms with Crippen molar-refractivity contribution < 1.29 is 9.90 Å². The normalized spacial score (nSPS) is 14.3. The number of hydrogen-bond donors (Lipinski definition) is 1. The molecular formula is C32H28N6O2. The van der Waals surface area contributed by atoms with Gasteiger partial charge in [0, 0.05) is 22.4 Å². The number of aromatic nitrogens is 6. The minimum absolute atomic E-state index is 0.192. The number of aryl methyl sites for hydroxylation is 2. The van der Waals surface area contributed by atoms with Crippen LogP contribution in [0.15, 0.2) is 60.7 Å². The maximum Gasteiger partial charge on any atom is 0.336 e. The third-order valence-corrected chi connectivity index (χ3v) is 8.06. The molecule has 6 aromatic rings. The van der Waals surface area contributed by atoms with Crippen LogP contribution in [-0.2, 0) is 0 Å². The van der Waals surface area contributed by atoms with E-state index in [1.807, 2.05) is 62.4 Å². The Kier molecular flexibility index (Phi) is 5.77. The van der Waals surface area contributed by atoms with Gasteiger partial charge in [-0.2, -0.15) is 0 Å². The van der Waals surface area contributed by atoms with Crippen molar-refractivity contribution in [3.8, 4) is 22.8 Å². The highest BCUT2D eigenvalue weighted by Crippen LogP contribution is 2.41. The van der Waals surface area contributed by atoms with Crippen LogP contribution in [0.25, 0.3) is 55.6 Å². The number of rotatable bonds is 4. The van der Waals surface area contributed by atoms with E-state index >= 15 is 0 Å². The third kappa shape index (κ3) is 3.99.